The molecule has 0 saturated heterocycles. The number of ether oxygens (including phenoxy) is 2. The van der Waals surface area contributed by atoms with Gasteiger partial charge in [-0.3, -0.25) is 0 Å². The minimum absolute atomic E-state index is 0.274. The normalized spacial score (nSPS) is 14.8. The summed E-state index contributed by atoms with van der Waals surface area (Å²) in [6.45, 7) is 7.94. The van der Waals surface area contributed by atoms with Gasteiger partial charge in [0.1, 0.15) is 23.8 Å². The van der Waals surface area contributed by atoms with Crippen LogP contribution in [-0.2, 0) is 10.3 Å². The number of urea groups is 1. The number of imidazole rings is 1. The summed E-state index contributed by atoms with van der Waals surface area (Å²) in [7, 11) is 0. The predicted octanol–water partition coefficient (Wildman–Crippen LogP) is 3.82. The van der Waals surface area contributed by atoms with E-state index in [-0.39, 0.29) is 12.6 Å². The number of anilines is 1. The van der Waals surface area contributed by atoms with Gasteiger partial charge in [-0.05, 0) is 59.1 Å². The summed E-state index contributed by atoms with van der Waals surface area (Å²) in [6, 6.07) is 6.81. The minimum Gasteiger partial charge on any atom is -0.492 e. The maximum atomic E-state index is 12.6. The van der Waals surface area contributed by atoms with Gasteiger partial charge in [0.15, 0.2) is 0 Å². The van der Waals surface area contributed by atoms with Crippen LogP contribution in [0.25, 0.3) is 0 Å². The van der Waals surface area contributed by atoms with Crippen molar-refractivity contribution in [3.8, 4) is 5.75 Å². The second-order valence-corrected chi connectivity index (χ2v) is 8.73. The van der Waals surface area contributed by atoms with Crippen molar-refractivity contribution in [2.75, 3.05) is 18.5 Å². The Hall–Kier alpha value is -3.23. The van der Waals surface area contributed by atoms with Gasteiger partial charge in [-0.2, -0.15) is 0 Å². The highest BCUT2D eigenvalue weighted by atomic mass is 16.6. The number of H-pyrrole nitrogens is 1. The molecule has 1 aromatic heterocycles. The van der Waals surface area contributed by atoms with E-state index in [4.69, 9.17) is 9.47 Å². The Morgan fingerprint density at radius 3 is 2.65 bits per heavy atom. The molecule has 1 saturated carbocycles. The number of aryl methyl sites for hydroxylation is 1. The van der Waals surface area contributed by atoms with Gasteiger partial charge < -0.3 is 30.4 Å². The van der Waals surface area contributed by atoms with Crippen molar-refractivity contribution in [2.45, 2.75) is 58.1 Å². The average Bonchev–Trinajstić information content (AvgIpc) is 3.07. The topological polar surface area (TPSA) is 117 Å². The summed E-state index contributed by atoms with van der Waals surface area (Å²) in [6.07, 6.45) is 4.02. The molecule has 9 nitrogen and oxygen atoms in total. The number of aromatic nitrogens is 2. The molecule has 0 bridgehead atoms. The molecule has 1 fully saturated rings. The van der Waals surface area contributed by atoms with E-state index < -0.39 is 17.2 Å². The number of rotatable bonds is 7. The van der Waals surface area contributed by atoms with Crippen LogP contribution in [0.1, 0.15) is 51.6 Å². The van der Waals surface area contributed by atoms with Crippen molar-refractivity contribution in [1.82, 2.24) is 20.6 Å². The van der Waals surface area contributed by atoms with Gasteiger partial charge in [0, 0.05) is 23.6 Å². The van der Waals surface area contributed by atoms with Gasteiger partial charge in [0.2, 0.25) is 0 Å². The van der Waals surface area contributed by atoms with Crippen LogP contribution in [0.3, 0.4) is 0 Å². The first-order valence-electron chi connectivity index (χ1n) is 10.5. The summed E-state index contributed by atoms with van der Waals surface area (Å²) in [4.78, 5) is 31.9. The first-order valence-corrected chi connectivity index (χ1v) is 10.5. The average molecular weight is 430 g/mol. The maximum Gasteiger partial charge on any atom is 0.407 e. The van der Waals surface area contributed by atoms with Gasteiger partial charge >= 0.3 is 12.1 Å². The molecule has 0 aliphatic heterocycles. The van der Waals surface area contributed by atoms with Crippen molar-refractivity contribution in [3.05, 3.63) is 42.0 Å². The lowest BCUT2D eigenvalue weighted by molar-refractivity contribution is 0.0520. The van der Waals surface area contributed by atoms with Crippen LogP contribution in [0.2, 0.25) is 0 Å². The van der Waals surface area contributed by atoms with Gasteiger partial charge in [-0.25, -0.2) is 14.6 Å². The molecule has 0 spiro atoms. The number of hydrogen-bond acceptors (Lipinski definition) is 5. The monoisotopic (exact) mass is 429 g/mol. The summed E-state index contributed by atoms with van der Waals surface area (Å²) < 4.78 is 10.8. The number of carbonyl (C=O) groups is 2. The highest BCUT2D eigenvalue weighted by molar-refractivity contribution is 5.90. The fourth-order valence-electron chi connectivity index (χ4n) is 3.29. The summed E-state index contributed by atoms with van der Waals surface area (Å²) in [5, 5.41) is 8.56. The summed E-state index contributed by atoms with van der Waals surface area (Å²) in [5.74, 6) is 1.38. The molecule has 9 heteroatoms. The van der Waals surface area contributed by atoms with Crippen LogP contribution in [0.4, 0.5) is 15.3 Å². The largest absolute Gasteiger partial charge is 0.492 e. The Morgan fingerprint density at radius 2 is 2.03 bits per heavy atom. The first-order chi connectivity index (χ1) is 14.7. The van der Waals surface area contributed by atoms with Crippen LogP contribution >= 0.6 is 0 Å². The van der Waals surface area contributed by atoms with Crippen LogP contribution < -0.4 is 20.7 Å². The molecule has 3 amide bonds. The Morgan fingerprint density at radius 1 is 1.26 bits per heavy atom. The minimum atomic E-state index is -0.542. The highest BCUT2D eigenvalue weighted by Gasteiger charge is 2.42. The summed E-state index contributed by atoms with van der Waals surface area (Å²) >= 11 is 0. The molecule has 2 aromatic rings. The molecule has 31 heavy (non-hydrogen) atoms. The zero-order valence-electron chi connectivity index (χ0n) is 18.5. The van der Waals surface area contributed by atoms with E-state index in [1.165, 1.54) is 0 Å². The SMILES string of the molecule is Cc1cnc(C2(NC(=O)Nc3cccc(OCCNC(=O)OC(C)(C)C)c3)CCC2)[nH]1. The Labute approximate surface area is 182 Å². The molecule has 1 aliphatic carbocycles. The zero-order valence-corrected chi connectivity index (χ0v) is 18.5. The van der Waals surface area contributed by atoms with Crippen LogP contribution in [-0.4, -0.2) is 40.8 Å². The molecule has 1 heterocycles. The first kappa shape index (κ1) is 22.5. The van der Waals surface area contributed by atoms with E-state index in [0.29, 0.717) is 18.0 Å². The number of amides is 3. The molecule has 0 radical (unpaired) electrons. The van der Waals surface area contributed by atoms with E-state index >= 15 is 0 Å². The van der Waals surface area contributed by atoms with E-state index in [9.17, 15) is 9.59 Å². The molecule has 0 unspecified atom stereocenters. The van der Waals surface area contributed by atoms with Crippen molar-refractivity contribution < 1.29 is 19.1 Å². The van der Waals surface area contributed by atoms with Crippen molar-refractivity contribution >= 4 is 17.8 Å². The standard InChI is InChI=1S/C22H31N5O4/c1-15-14-24-18(25-15)22(9-6-10-22)27-19(28)26-16-7-5-8-17(13-16)30-12-11-23-20(29)31-21(2,3)4/h5,7-8,13-14H,6,9-12H2,1-4H3,(H,23,29)(H,24,25)(H2,26,27,28). The second-order valence-electron chi connectivity index (χ2n) is 8.73. The van der Waals surface area contributed by atoms with Crippen molar-refractivity contribution in [2.24, 2.45) is 0 Å². The Balaban J connectivity index is 1.48. The fourth-order valence-corrected chi connectivity index (χ4v) is 3.29. The Kier molecular flexibility index (Phi) is 6.72. The van der Waals surface area contributed by atoms with Gasteiger partial charge in [-0.15, -0.1) is 0 Å². The molecular formula is C22H31N5O4. The van der Waals surface area contributed by atoms with Gasteiger partial charge in [-0.1, -0.05) is 6.07 Å². The van der Waals surface area contributed by atoms with E-state index in [1.54, 1.807) is 51.2 Å². The highest BCUT2D eigenvalue weighted by Crippen LogP contribution is 2.39. The number of alkyl carbamates (subject to hydrolysis) is 1. The van der Waals surface area contributed by atoms with Crippen molar-refractivity contribution in [3.63, 3.8) is 0 Å². The number of carbonyl (C=O) groups excluding carboxylic acids is 2. The second kappa shape index (κ2) is 9.28. The van der Waals surface area contributed by atoms with Crippen LogP contribution in [0.15, 0.2) is 30.5 Å². The van der Waals surface area contributed by atoms with E-state index in [0.717, 1.165) is 30.8 Å². The third-order valence-electron chi connectivity index (χ3n) is 4.85. The summed E-state index contributed by atoms with van der Waals surface area (Å²) in [5.41, 5.74) is 0.591. The lowest BCUT2D eigenvalue weighted by Gasteiger charge is -2.40. The third-order valence-corrected chi connectivity index (χ3v) is 4.85. The maximum absolute atomic E-state index is 12.6. The van der Waals surface area contributed by atoms with E-state index in [2.05, 4.69) is 25.9 Å². The lowest BCUT2D eigenvalue weighted by Crippen LogP contribution is -2.52. The van der Waals surface area contributed by atoms with Gasteiger partial charge in [0.05, 0.1) is 12.1 Å². The number of benzene rings is 1. The molecule has 4 N–H and O–H groups in total. The predicted molar refractivity (Wildman–Crippen MR) is 117 cm³/mol. The molecule has 1 aliphatic rings. The Bertz CT molecular complexity index is 915. The van der Waals surface area contributed by atoms with Crippen LogP contribution in [0, 0.1) is 6.92 Å². The molecule has 1 aromatic carbocycles. The van der Waals surface area contributed by atoms with Crippen molar-refractivity contribution in [1.29, 1.82) is 0 Å². The fraction of sp³-hybridized carbons (Fsp3) is 0.500. The van der Waals surface area contributed by atoms with E-state index in [1.807, 2.05) is 6.92 Å². The van der Waals surface area contributed by atoms with Crippen LogP contribution in [0.5, 0.6) is 5.75 Å². The quantitative estimate of drug-likeness (QED) is 0.499. The number of nitrogens with one attached hydrogen (secondary N) is 4. The van der Waals surface area contributed by atoms with Gasteiger partial charge in [0.25, 0.3) is 0 Å². The lowest BCUT2D eigenvalue weighted by atomic mass is 9.76. The molecule has 3 rings (SSSR count). The number of aromatic amines is 1. The molecule has 168 valence electrons. The molecule has 0 atom stereocenters. The third kappa shape index (κ3) is 6.37. The smallest absolute Gasteiger partial charge is 0.407 e. The molecular weight excluding hydrogens is 398 g/mol. The number of nitrogens with zero attached hydrogens (tertiary/aromatic N) is 1. The zero-order chi connectivity index (χ0) is 22.5. The number of hydrogen-bond donors (Lipinski definition) is 4.